The van der Waals surface area contributed by atoms with Crippen molar-refractivity contribution < 1.29 is 29.1 Å². The molecule has 126 valence electrons. The molecule has 1 aromatic rings. The monoisotopic (exact) mass is 322 g/mol. The van der Waals surface area contributed by atoms with Crippen molar-refractivity contribution >= 4 is 12.1 Å². The molecule has 3 atom stereocenters. The van der Waals surface area contributed by atoms with Crippen molar-refractivity contribution in [2.75, 3.05) is 0 Å². The molecule has 6 nitrogen and oxygen atoms in total. The van der Waals surface area contributed by atoms with Crippen LogP contribution in [0.15, 0.2) is 24.3 Å². The summed E-state index contributed by atoms with van der Waals surface area (Å²) in [5.74, 6) is 0.0267. The molecule has 6 heteroatoms. The average Bonchev–Trinajstić information content (AvgIpc) is 2.51. The standard InChI is InChI=1S/C17H22O6/c1-11-5-4-6-14(9-11)16(18)21-23-22-17(19)20-15-10-12(2)7-8-13(15)3/h4-6,9,12-13,15H,7-8,10H2,1-3H3. The zero-order chi connectivity index (χ0) is 16.8. The van der Waals surface area contributed by atoms with E-state index < -0.39 is 12.1 Å². The van der Waals surface area contributed by atoms with Crippen LogP contribution >= 0.6 is 0 Å². The number of hydrogen-bond donors (Lipinski definition) is 0. The number of aryl methyl sites for hydroxylation is 1. The number of hydrogen-bond acceptors (Lipinski definition) is 6. The van der Waals surface area contributed by atoms with Crippen molar-refractivity contribution in [2.24, 2.45) is 11.8 Å². The van der Waals surface area contributed by atoms with Crippen LogP contribution in [-0.2, 0) is 19.6 Å². The quantitative estimate of drug-likeness (QED) is 0.474. The van der Waals surface area contributed by atoms with Crippen LogP contribution in [0.3, 0.4) is 0 Å². The fraction of sp³-hybridized carbons (Fsp3) is 0.529. The van der Waals surface area contributed by atoms with Crippen LogP contribution in [0.1, 0.15) is 49.0 Å². The first-order valence-electron chi connectivity index (χ1n) is 7.78. The first kappa shape index (κ1) is 17.3. The summed E-state index contributed by atoms with van der Waals surface area (Å²) in [5, 5.41) is 4.23. The molecule has 0 saturated heterocycles. The van der Waals surface area contributed by atoms with Gasteiger partial charge in [0.15, 0.2) is 0 Å². The second-order valence-corrected chi connectivity index (χ2v) is 6.19. The third kappa shape index (κ3) is 5.25. The Labute approximate surface area is 135 Å². The number of carbonyl (C=O) groups is 2. The minimum absolute atomic E-state index is 0.206. The maximum Gasteiger partial charge on any atom is 0.543 e. The van der Waals surface area contributed by atoms with Crippen LogP contribution in [0.25, 0.3) is 0 Å². The van der Waals surface area contributed by atoms with Crippen molar-refractivity contribution in [2.45, 2.75) is 46.1 Å². The molecule has 1 aliphatic rings. The third-order valence-electron chi connectivity index (χ3n) is 4.10. The van der Waals surface area contributed by atoms with E-state index in [0.717, 1.165) is 24.8 Å². The zero-order valence-electron chi connectivity index (χ0n) is 13.6. The summed E-state index contributed by atoms with van der Waals surface area (Å²) in [6, 6.07) is 6.77. The van der Waals surface area contributed by atoms with Crippen LogP contribution in [-0.4, -0.2) is 18.2 Å². The average molecular weight is 322 g/mol. The highest BCUT2D eigenvalue weighted by atomic mass is 17.5. The van der Waals surface area contributed by atoms with Gasteiger partial charge < -0.3 is 4.74 Å². The molecule has 0 radical (unpaired) electrons. The summed E-state index contributed by atoms with van der Waals surface area (Å²) in [5.41, 5.74) is 1.21. The molecule has 1 aliphatic carbocycles. The van der Waals surface area contributed by atoms with Gasteiger partial charge in [0.25, 0.3) is 0 Å². The van der Waals surface area contributed by atoms with Crippen molar-refractivity contribution in [1.29, 1.82) is 0 Å². The van der Waals surface area contributed by atoms with Crippen molar-refractivity contribution in [1.82, 2.24) is 0 Å². The first-order valence-corrected chi connectivity index (χ1v) is 7.78. The maximum atomic E-state index is 11.7. The van der Waals surface area contributed by atoms with Crippen LogP contribution in [0.4, 0.5) is 4.79 Å². The highest BCUT2D eigenvalue weighted by molar-refractivity contribution is 5.89. The van der Waals surface area contributed by atoms with Crippen molar-refractivity contribution in [3.8, 4) is 0 Å². The molecular formula is C17H22O6. The highest BCUT2D eigenvalue weighted by Crippen LogP contribution is 2.30. The molecule has 0 aromatic heterocycles. The number of rotatable bonds is 4. The van der Waals surface area contributed by atoms with E-state index in [0.29, 0.717) is 11.5 Å². The second kappa shape index (κ2) is 7.97. The molecule has 0 amide bonds. The lowest BCUT2D eigenvalue weighted by atomic mass is 9.82. The number of ether oxygens (including phenoxy) is 1. The molecule has 0 heterocycles. The summed E-state index contributed by atoms with van der Waals surface area (Å²) in [4.78, 5) is 32.0. The fourth-order valence-electron chi connectivity index (χ4n) is 2.68. The minimum Gasteiger partial charge on any atom is -0.429 e. The number of benzene rings is 1. The Morgan fingerprint density at radius 2 is 1.91 bits per heavy atom. The van der Waals surface area contributed by atoms with E-state index in [2.05, 4.69) is 21.7 Å². The molecule has 0 spiro atoms. The lowest BCUT2D eigenvalue weighted by molar-refractivity contribution is -0.453. The van der Waals surface area contributed by atoms with Gasteiger partial charge in [0, 0.05) is 0 Å². The largest absolute Gasteiger partial charge is 0.543 e. The Balaban J connectivity index is 1.73. The van der Waals surface area contributed by atoms with Gasteiger partial charge >= 0.3 is 12.1 Å². The van der Waals surface area contributed by atoms with E-state index in [1.807, 2.05) is 19.9 Å². The topological polar surface area (TPSA) is 71.1 Å². The zero-order valence-corrected chi connectivity index (χ0v) is 13.6. The molecule has 1 aromatic carbocycles. The molecule has 0 N–H and O–H groups in total. The minimum atomic E-state index is -1.01. The highest BCUT2D eigenvalue weighted by Gasteiger charge is 2.29. The predicted octanol–water partition coefficient (Wildman–Crippen LogP) is 3.98. The van der Waals surface area contributed by atoms with Crippen LogP contribution in [0.5, 0.6) is 0 Å². The van der Waals surface area contributed by atoms with Gasteiger partial charge in [-0.05, 0) is 43.7 Å². The molecule has 2 rings (SSSR count). The van der Waals surface area contributed by atoms with E-state index in [9.17, 15) is 9.59 Å². The predicted molar refractivity (Wildman–Crippen MR) is 81.2 cm³/mol. The van der Waals surface area contributed by atoms with Gasteiger partial charge in [-0.3, -0.25) is 4.89 Å². The fourth-order valence-corrected chi connectivity index (χ4v) is 2.68. The van der Waals surface area contributed by atoms with Crippen molar-refractivity contribution in [3.63, 3.8) is 0 Å². The lowest BCUT2D eigenvalue weighted by Crippen LogP contribution is -2.31. The third-order valence-corrected chi connectivity index (χ3v) is 4.10. The van der Waals surface area contributed by atoms with Gasteiger partial charge in [-0.25, -0.2) is 14.5 Å². The summed E-state index contributed by atoms with van der Waals surface area (Å²) >= 11 is 0. The molecule has 23 heavy (non-hydrogen) atoms. The molecule has 0 bridgehead atoms. The van der Waals surface area contributed by atoms with E-state index in [1.54, 1.807) is 18.2 Å². The molecular weight excluding hydrogens is 300 g/mol. The normalized spacial score (nSPS) is 23.9. The van der Waals surface area contributed by atoms with Gasteiger partial charge in [-0.1, -0.05) is 38.0 Å². The lowest BCUT2D eigenvalue weighted by Gasteiger charge is -2.31. The van der Waals surface area contributed by atoms with E-state index in [4.69, 9.17) is 4.74 Å². The van der Waals surface area contributed by atoms with Crippen LogP contribution < -0.4 is 0 Å². The Morgan fingerprint density at radius 1 is 1.13 bits per heavy atom. The maximum absolute atomic E-state index is 11.7. The smallest absolute Gasteiger partial charge is 0.429 e. The summed E-state index contributed by atoms with van der Waals surface area (Å²) in [6.45, 7) is 5.99. The SMILES string of the molecule is Cc1cccc(C(=O)OOOC(=O)OC2CC(C)CCC2C)c1. The Hall–Kier alpha value is -2.08. The molecule has 1 saturated carbocycles. The summed E-state index contributed by atoms with van der Waals surface area (Å²) in [6.07, 6.45) is 1.71. The Bertz CT molecular complexity index is 556. The van der Waals surface area contributed by atoms with E-state index >= 15 is 0 Å². The Kier molecular flexibility index (Phi) is 5.98. The molecule has 3 unspecified atom stereocenters. The van der Waals surface area contributed by atoms with Gasteiger partial charge in [-0.2, -0.15) is 0 Å². The molecule has 1 fully saturated rings. The number of carbonyl (C=O) groups excluding carboxylic acids is 2. The van der Waals surface area contributed by atoms with Gasteiger partial charge in [-0.15, -0.1) is 0 Å². The van der Waals surface area contributed by atoms with Crippen molar-refractivity contribution in [3.05, 3.63) is 35.4 Å². The van der Waals surface area contributed by atoms with E-state index in [-0.39, 0.29) is 12.0 Å². The first-order chi connectivity index (χ1) is 11.0. The van der Waals surface area contributed by atoms with Crippen LogP contribution in [0.2, 0.25) is 0 Å². The summed E-state index contributed by atoms with van der Waals surface area (Å²) in [7, 11) is 0. The van der Waals surface area contributed by atoms with Gasteiger partial charge in [0.2, 0.25) is 0 Å². The second-order valence-electron chi connectivity index (χ2n) is 6.19. The Morgan fingerprint density at radius 3 is 2.65 bits per heavy atom. The van der Waals surface area contributed by atoms with Gasteiger partial charge in [0.1, 0.15) is 6.10 Å². The van der Waals surface area contributed by atoms with Crippen LogP contribution in [0, 0.1) is 18.8 Å². The summed E-state index contributed by atoms with van der Waals surface area (Å²) < 4.78 is 5.20. The molecule has 0 aliphatic heterocycles. The van der Waals surface area contributed by atoms with Gasteiger partial charge in [0.05, 0.1) is 10.6 Å². The van der Waals surface area contributed by atoms with E-state index in [1.165, 1.54) is 0 Å².